The third kappa shape index (κ3) is 2.20. The van der Waals surface area contributed by atoms with E-state index < -0.39 is 5.91 Å². The molecule has 1 aromatic rings. The number of nitrogens with two attached hydrogens (primary N) is 1. The first-order chi connectivity index (χ1) is 5.11. The van der Waals surface area contributed by atoms with Crippen LogP contribution in [0.15, 0.2) is 12.1 Å². The molecule has 0 aliphatic rings. The lowest BCUT2D eigenvalue weighted by Gasteiger charge is -2.00. The largest absolute Gasteiger partial charge is 0.366 e. The molecule has 3 nitrogen and oxygen atoms in total. The molecule has 0 aliphatic heterocycles. The molecular weight excluding hydrogens is 176 g/mol. The second kappa shape index (κ2) is 4.07. The molecule has 0 saturated carbocycles. The van der Waals surface area contributed by atoms with Gasteiger partial charge in [0.1, 0.15) is 0 Å². The number of hydrogen-bond acceptors (Lipinski definition) is 2. The van der Waals surface area contributed by atoms with Crippen LogP contribution >= 0.6 is 12.4 Å². The van der Waals surface area contributed by atoms with E-state index >= 15 is 0 Å². The van der Waals surface area contributed by atoms with Crippen LogP contribution in [0.4, 0.5) is 0 Å². The van der Waals surface area contributed by atoms with Gasteiger partial charge in [-0.2, -0.15) is 0 Å². The highest BCUT2D eigenvalue weighted by Crippen LogP contribution is 2.04. The minimum atomic E-state index is -0.421. The summed E-state index contributed by atoms with van der Waals surface area (Å²) >= 11 is 0. The summed E-state index contributed by atoms with van der Waals surface area (Å²) in [6, 6.07) is 3.47. The molecule has 0 fully saturated rings. The second-order valence-electron chi connectivity index (χ2n) is 2.45. The molecule has 0 atom stereocenters. The summed E-state index contributed by atoms with van der Waals surface area (Å²) in [6.45, 7) is 3.64. The van der Waals surface area contributed by atoms with Gasteiger partial charge in [0.25, 0.3) is 5.91 Å². The molecule has 1 aromatic heterocycles. The van der Waals surface area contributed by atoms with Crippen LogP contribution in [0.25, 0.3) is 0 Å². The Hall–Kier alpha value is -1.09. The zero-order chi connectivity index (χ0) is 8.43. The van der Waals surface area contributed by atoms with E-state index in [0.29, 0.717) is 11.3 Å². The number of rotatable bonds is 1. The maximum absolute atomic E-state index is 10.7. The number of aryl methyl sites for hydroxylation is 2. The molecule has 0 spiro atoms. The van der Waals surface area contributed by atoms with Gasteiger partial charge in [0.05, 0.1) is 11.3 Å². The SMILES string of the molecule is Cc1ccc(C(N)=O)c(C)n1.Cl. The first kappa shape index (κ1) is 10.9. The van der Waals surface area contributed by atoms with Gasteiger partial charge in [0, 0.05) is 5.69 Å². The summed E-state index contributed by atoms with van der Waals surface area (Å²) < 4.78 is 0. The van der Waals surface area contributed by atoms with Crippen molar-refractivity contribution >= 4 is 18.3 Å². The molecule has 2 N–H and O–H groups in total. The van der Waals surface area contributed by atoms with Crippen molar-refractivity contribution < 1.29 is 4.79 Å². The Balaban J connectivity index is 0.00000121. The fourth-order valence-corrected chi connectivity index (χ4v) is 0.947. The van der Waals surface area contributed by atoms with Crippen molar-refractivity contribution in [1.82, 2.24) is 4.98 Å². The summed E-state index contributed by atoms with van der Waals surface area (Å²) in [4.78, 5) is 14.8. The molecule has 66 valence electrons. The third-order valence-electron chi connectivity index (χ3n) is 1.49. The number of halogens is 1. The molecule has 0 aromatic carbocycles. The molecule has 0 saturated heterocycles. The van der Waals surface area contributed by atoms with Crippen molar-refractivity contribution in [2.24, 2.45) is 5.73 Å². The van der Waals surface area contributed by atoms with E-state index in [4.69, 9.17) is 5.73 Å². The van der Waals surface area contributed by atoms with Gasteiger partial charge in [-0.05, 0) is 26.0 Å². The van der Waals surface area contributed by atoms with Gasteiger partial charge in [0.15, 0.2) is 0 Å². The van der Waals surface area contributed by atoms with Gasteiger partial charge in [-0.25, -0.2) is 0 Å². The van der Waals surface area contributed by atoms with E-state index in [9.17, 15) is 4.79 Å². The highest BCUT2D eigenvalue weighted by molar-refractivity contribution is 5.93. The first-order valence-electron chi connectivity index (χ1n) is 3.35. The van der Waals surface area contributed by atoms with Crippen LogP contribution in [0.1, 0.15) is 21.7 Å². The third-order valence-corrected chi connectivity index (χ3v) is 1.49. The van der Waals surface area contributed by atoms with Crippen LogP contribution in [0.3, 0.4) is 0 Å². The number of amides is 1. The zero-order valence-corrected chi connectivity index (χ0v) is 7.81. The Morgan fingerprint density at radius 3 is 2.42 bits per heavy atom. The van der Waals surface area contributed by atoms with E-state index in [-0.39, 0.29) is 12.4 Å². The second-order valence-corrected chi connectivity index (χ2v) is 2.45. The molecule has 1 rings (SSSR count). The quantitative estimate of drug-likeness (QED) is 0.717. The minimum Gasteiger partial charge on any atom is -0.366 e. The number of carbonyl (C=O) groups is 1. The van der Waals surface area contributed by atoms with Gasteiger partial charge in [-0.1, -0.05) is 0 Å². The highest BCUT2D eigenvalue weighted by atomic mass is 35.5. The lowest BCUT2D eigenvalue weighted by molar-refractivity contribution is 0.0999. The molecule has 0 aliphatic carbocycles. The Labute approximate surface area is 77.4 Å². The average Bonchev–Trinajstić information content (AvgIpc) is 1.85. The molecule has 4 heteroatoms. The number of primary amides is 1. The predicted molar refractivity (Wildman–Crippen MR) is 49.5 cm³/mol. The van der Waals surface area contributed by atoms with Crippen LogP contribution in [-0.2, 0) is 0 Å². The number of hydrogen-bond donors (Lipinski definition) is 1. The molecule has 0 bridgehead atoms. The van der Waals surface area contributed by atoms with Gasteiger partial charge in [-0.3, -0.25) is 9.78 Å². The number of pyridine rings is 1. The van der Waals surface area contributed by atoms with Gasteiger partial charge in [-0.15, -0.1) is 12.4 Å². The first-order valence-corrected chi connectivity index (χ1v) is 3.35. The number of nitrogens with zero attached hydrogens (tertiary/aromatic N) is 1. The Morgan fingerprint density at radius 1 is 1.42 bits per heavy atom. The molecule has 12 heavy (non-hydrogen) atoms. The minimum absolute atomic E-state index is 0. The van der Waals surface area contributed by atoms with Crippen LogP contribution in [0.5, 0.6) is 0 Å². The van der Waals surface area contributed by atoms with Crippen LogP contribution in [-0.4, -0.2) is 10.9 Å². The summed E-state index contributed by atoms with van der Waals surface area (Å²) in [6.07, 6.45) is 0. The topological polar surface area (TPSA) is 56.0 Å². The average molecular weight is 187 g/mol. The molecular formula is C8H11ClN2O. The van der Waals surface area contributed by atoms with Crippen LogP contribution < -0.4 is 5.73 Å². The molecule has 0 unspecified atom stereocenters. The molecule has 1 amide bonds. The lowest BCUT2D eigenvalue weighted by Crippen LogP contribution is -2.13. The van der Waals surface area contributed by atoms with Crippen LogP contribution in [0.2, 0.25) is 0 Å². The Bertz CT molecular complexity index is 299. The summed E-state index contributed by atoms with van der Waals surface area (Å²) in [7, 11) is 0. The van der Waals surface area contributed by atoms with Crippen molar-refractivity contribution in [2.45, 2.75) is 13.8 Å². The molecule has 1 heterocycles. The normalized spacial score (nSPS) is 8.83. The lowest BCUT2D eigenvalue weighted by atomic mass is 10.2. The van der Waals surface area contributed by atoms with Crippen molar-refractivity contribution in [1.29, 1.82) is 0 Å². The van der Waals surface area contributed by atoms with Crippen molar-refractivity contribution in [3.8, 4) is 0 Å². The number of aromatic nitrogens is 1. The fraction of sp³-hybridized carbons (Fsp3) is 0.250. The van der Waals surface area contributed by atoms with E-state index in [1.807, 2.05) is 6.92 Å². The van der Waals surface area contributed by atoms with Gasteiger partial charge >= 0.3 is 0 Å². The Kier molecular flexibility index (Phi) is 3.70. The van der Waals surface area contributed by atoms with Crippen molar-refractivity contribution in [3.63, 3.8) is 0 Å². The summed E-state index contributed by atoms with van der Waals surface area (Å²) in [5.41, 5.74) is 7.17. The highest BCUT2D eigenvalue weighted by Gasteiger charge is 2.04. The van der Waals surface area contributed by atoms with E-state index in [1.54, 1.807) is 19.1 Å². The van der Waals surface area contributed by atoms with Crippen molar-refractivity contribution in [3.05, 3.63) is 29.1 Å². The number of carbonyl (C=O) groups excluding carboxylic acids is 1. The van der Waals surface area contributed by atoms with E-state index in [1.165, 1.54) is 0 Å². The maximum Gasteiger partial charge on any atom is 0.250 e. The summed E-state index contributed by atoms with van der Waals surface area (Å²) in [5.74, 6) is -0.421. The van der Waals surface area contributed by atoms with Crippen LogP contribution in [0, 0.1) is 13.8 Å². The van der Waals surface area contributed by atoms with Gasteiger partial charge in [0.2, 0.25) is 0 Å². The molecule has 0 radical (unpaired) electrons. The standard InChI is InChI=1S/C8H10N2O.ClH/c1-5-3-4-7(8(9)11)6(2)10-5;/h3-4H,1-2H3,(H2,9,11);1H. The smallest absolute Gasteiger partial charge is 0.250 e. The van der Waals surface area contributed by atoms with Gasteiger partial charge < -0.3 is 5.73 Å². The fourth-order valence-electron chi connectivity index (χ4n) is 0.947. The predicted octanol–water partition coefficient (Wildman–Crippen LogP) is 1.22. The van der Waals surface area contributed by atoms with Crippen molar-refractivity contribution in [2.75, 3.05) is 0 Å². The Morgan fingerprint density at radius 2 is 2.00 bits per heavy atom. The zero-order valence-electron chi connectivity index (χ0n) is 7.00. The monoisotopic (exact) mass is 186 g/mol. The maximum atomic E-state index is 10.7. The summed E-state index contributed by atoms with van der Waals surface area (Å²) in [5, 5.41) is 0. The van der Waals surface area contributed by atoms with E-state index in [0.717, 1.165) is 5.69 Å². The van der Waals surface area contributed by atoms with E-state index in [2.05, 4.69) is 4.98 Å².